The molecule has 2 heteroatoms. The Bertz CT molecular complexity index is 4500. The van der Waals surface area contributed by atoms with Gasteiger partial charge in [-0.05, 0) is 142 Å². The first-order valence-electron chi connectivity index (χ1n) is 25.7. The first-order chi connectivity index (χ1) is 36.7. The van der Waals surface area contributed by atoms with Crippen LogP contribution in [0.25, 0.3) is 131 Å². The van der Waals surface area contributed by atoms with Crippen LogP contribution in [0.2, 0.25) is 0 Å². The van der Waals surface area contributed by atoms with Gasteiger partial charge >= 0.3 is 0 Å². The lowest BCUT2D eigenvalue weighted by atomic mass is 9.80. The summed E-state index contributed by atoms with van der Waals surface area (Å²) in [7, 11) is 0. The summed E-state index contributed by atoms with van der Waals surface area (Å²) in [4.78, 5) is 0. The van der Waals surface area contributed by atoms with Gasteiger partial charge in [-0.25, -0.2) is 0 Å². The molecule has 0 aliphatic heterocycles. The topological polar surface area (TPSA) is 26.3 Å². The Morgan fingerprint density at radius 3 is 1.22 bits per heavy atom. The molecule has 0 bridgehead atoms. The fourth-order valence-electron chi connectivity index (χ4n) is 12.3. The summed E-state index contributed by atoms with van der Waals surface area (Å²) in [5, 5.41) is 13.9. The predicted octanol–water partition coefficient (Wildman–Crippen LogP) is 19.9. The molecule has 0 aliphatic rings. The SMILES string of the molecule is c1ccc(Cc2ccccc2-c2c(Cc3ccccc3)cccc2-c2c3cccc(-c4cc5ccccc5c5c4oc4ccccc45)c3cc3c(-c4cc5ccccc5c5c4oc4ccccc45)cccc23)cc1. The third-order valence-electron chi connectivity index (χ3n) is 15.5. The largest absolute Gasteiger partial charge is 0.455 e. The van der Waals surface area contributed by atoms with Gasteiger partial charge in [0, 0.05) is 32.7 Å². The van der Waals surface area contributed by atoms with E-state index in [0.717, 1.165) is 89.7 Å². The van der Waals surface area contributed by atoms with Gasteiger partial charge in [0.05, 0.1) is 0 Å². The lowest BCUT2D eigenvalue weighted by Crippen LogP contribution is -2.00. The second-order valence-corrected chi connectivity index (χ2v) is 19.8. The Hall–Kier alpha value is -9.50. The zero-order valence-electron chi connectivity index (χ0n) is 40.5. The van der Waals surface area contributed by atoms with E-state index in [4.69, 9.17) is 8.83 Å². The summed E-state index contributed by atoms with van der Waals surface area (Å²) in [6.45, 7) is 0. The fourth-order valence-corrected chi connectivity index (χ4v) is 12.3. The third-order valence-corrected chi connectivity index (χ3v) is 15.5. The average molecular weight is 943 g/mol. The molecule has 0 amide bonds. The van der Waals surface area contributed by atoms with E-state index in [-0.39, 0.29) is 0 Å². The van der Waals surface area contributed by atoms with Crippen LogP contribution in [0.1, 0.15) is 22.3 Å². The maximum atomic E-state index is 7.01. The Labute approximate surface area is 428 Å². The van der Waals surface area contributed by atoms with E-state index in [1.807, 2.05) is 0 Å². The highest BCUT2D eigenvalue weighted by molar-refractivity contribution is 6.28. The van der Waals surface area contributed by atoms with Crippen molar-refractivity contribution in [1.29, 1.82) is 0 Å². The average Bonchev–Trinajstić information content (AvgIpc) is 4.05. The van der Waals surface area contributed by atoms with E-state index >= 15 is 0 Å². The summed E-state index contributed by atoms with van der Waals surface area (Å²) in [5.74, 6) is 0. The van der Waals surface area contributed by atoms with Crippen molar-refractivity contribution in [2.24, 2.45) is 0 Å². The van der Waals surface area contributed by atoms with Crippen molar-refractivity contribution < 1.29 is 8.83 Å². The minimum atomic E-state index is 0.783. The minimum absolute atomic E-state index is 0.783. The predicted molar refractivity (Wildman–Crippen MR) is 311 cm³/mol. The Morgan fingerprint density at radius 1 is 0.243 bits per heavy atom. The lowest BCUT2D eigenvalue weighted by Gasteiger charge is -2.23. The van der Waals surface area contributed by atoms with Crippen LogP contribution in [0.5, 0.6) is 0 Å². The summed E-state index contributed by atoms with van der Waals surface area (Å²) in [6.07, 6.45) is 1.59. The van der Waals surface area contributed by atoms with Crippen molar-refractivity contribution in [1.82, 2.24) is 0 Å². The molecule has 74 heavy (non-hydrogen) atoms. The van der Waals surface area contributed by atoms with Crippen molar-refractivity contribution in [3.8, 4) is 44.5 Å². The molecule has 0 fully saturated rings. The van der Waals surface area contributed by atoms with Crippen LogP contribution < -0.4 is 0 Å². The van der Waals surface area contributed by atoms with Crippen molar-refractivity contribution >= 4 is 87.0 Å². The highest BCUT2D eigenvalue weighted by Gasteiger charge is 2.25. The zero-order chi connectivity index (χ0) is 48.7. The summed E-state index contributed by atoms with van der Waals surface area (Å²) in [5.41, 5.74) is 18.0. The third kappa shape index (κ3) is 6.72. The quantitative estimate of drug-likeness (QED) is 0.142. The number of rotatable bonds is 8. The maximum Gasteiger partial charge on any atom is 0.143 e. The van der Waals surface area contributed by atoms with Gasteiger partial charge in [-0.3, -0.25) is 0 Å². The van der Waals surface area contributed by atoms with E-state index in [0.29, 0.717) is 0 Å². The van der Waals surface area contributed by atoms with Crippen LogP contribution in [-0.4, -0.2) is 0 Å². The number of furan rings is 2. The van der Waals surface area contributed by atoms with Gasteiger partial charge in [-0.15, -0.1) is 0 Å². The summed E-state index contributed by atoms with van der Waals surface area (Å²) in [6, 6.07) is 93.2. The van der Waals surface area contributed by atoms with Crippen LogP contribution in [0.4, 0.5) is 0 Å². The molecule has 0 aliphatic carbocycles. The number of benzene rings is 13. The molecule has 15 rings (SSSR count). The van der Waals surface area contributed by atoms with E-state index in [1.54, 1.807) is 0 Å². The molecule has 0 saturated heterocycles. The molecule has 0 saturated carbocycles. The number of hydrogen-bond acceptors (Lipinski definition) is 2. The minimum Gasteiger partial charge on any atom is -0.455 e. The molecule has 2 nitrogen and oxygen atoms in total. The second kappa shape index (κ2) is 17.1. The number of hydrogen-bond donors (Lipinski definition) is 0. The molecule has 0 atom stereocenters. The molecule has 15 aromatic rings. The molecule has 0 N–H and O–H groups in total. The lowest BCUT2D eigenvalue weighted by molar-refractivity contribution is 0.670. The fraction of sp³-hybridized carbons (Fsp3) is 0.0278. The van der Waals surface area contributed by atoms with Crippen molar-refractivity contribution in [3.63, 3.8) is 0 Å². The van der Waals surface area contributed by atoms with Crippen LogP contribution in [-0.2, 0) is 12.8 Å². The normalized spacial score (nSPS) is 11.9. The van der Waals surface area contributed by atoms with Gasteiger partial charge in [0.1, 0.15) is 22.3 Å². The Morgan fingerprint density at radius 2 is 0.649 bits per heavy atom. The Balaban J connectivity index is 1.10. The molecule has 0 unspecified atom stereocenters. The Kier molecular flexibility index (Phi) is 9.74. The smallest absolute Gasteiger partial charge is 0.143 e. The first-order valence-corrected chi connectivity index (χ1v) is 25.7. The van der Waals surface area contributed by atoms with Crippen molar-refractivity contribution in [3.05, 3.63) is 277 Å². The van der Waals surface area contributed by atoms with Crippen LogP contribution in [0.3, 0.4) is 0 Å². The molecule has 0 spiro atoms. The molecule has 0 radical (unpaired) electrons. The summed E-state index contributed by atoms with van der Waals surface area (Å²) >= 11 is 0. The van der Waals surface area contributed by atoms with Gasteiger partial charge in [0.25, 0.3) is 0 Å². The molecule has 346 valence electrons. The molecular weight excluding hydrogens is 897 g/mol. The highest BCUT2D eigenvalue weighted by atomic mass is 16.3. The van der Waals surface area contributed by atoms with Gasteiger partial charge in [0.2, 0.25) is 0 Å². The molecule has 2 heterocycles. The van der Waals surface area contributed by atoms with Gasteiger partial charge < -0.3 is 8.83 Å². The van der Waals surface area contributed by atoms with Crippen molar-refractivity contribution in [2.75, 3.05) is 0 Å². The molecule has 2 aromatic heterocycles. The van der Waals surface area contributed by atoms with Crippen molar-refractivity contribution in [2.45, 2.75) is 12.8 Å². The van der Waals surface area contributed by atoms with E-state index in [1.165, 1.54) is 76.8 Å². The van der Waals surface area contributed by atoms with Crippen LogP contribution in [0, 0.1) is 0 Å². The van der Waals surface area contributed by atoms with Gasteiger partial charge in [-0.2, -0.15) is 0 Å². The van der Waals surface area contributed by atoms with Gasteiger partial charge in [-0.1, -0.05) is 224 Å². The first kappa shape index (κ1) is 42.2. The standard InChI is InChI=1S/C72H46O2/c1-3-20-45(21-4-1)40-47-24-7-10-28-51(47)67-50(41-46-22-5-2-6-23-46)27-17-37-60(67)68-56-35-18-33-54(63-42-48-25-8-11-29-52(48)69-58-31-13-15-38-65(58)73-71(63)69)61(56)44-62-55(34-19-36-57(62)68)64-43-49-26-9-12-30-53(49)70-59-32-14-16-39-66(59)74-72(64)70/h1-39,42-44H,40-41H2. The second-order valence-electron chi connectivity index (χ2n) is 19.8. The number of para-hydroxylation sites is 2. The monoisotopic (exact) mass is 942 g/mol. The van der Waals surface area contributed by atoms with Crippen LogP contribution >= 0.6 is 0 Å². The zero-order valence-corrected chi connectivity index (χ0v) is 40.5. The molecule has 13 aromatic carbocycles. The van der Waals surface area contributed by atoms with Gasteiger partial charge in [0.15, 0.2) is 0 Å². The summed E-state index contributed by atoms with van der Waals surface area (Å²) < 4.78 is 14.0. The molecular formula is C72H46O2. The van der Waals surface area contributed by atoms with Crippen LogP contribution in [0.15, 0.2) is 264 Å². The van der Waals surface area contributed by atoms with E-state index in [9.17, 15) is 0 Å². The van der Waals surface area contributed by atoms with E-state index in [2.05, 4.69) is 255 Å². The number of fused-ring (bicyclic) bond motifs is 12. The van der Waals surface area contributed by atoms with E-state index < -0.39 is 0 Å². The highest BCUT2D eigenvalue weighted by Crippen LogP contribution is 2.51. The maximum absolute atomic E-state index is 7.01.